The van der Waals surface area contributed by atoms with Gasteiger partial charge in [-0.05, 0) is 24.1 Å². The molecule has 0 amide bonds. The van der Waals surface area contributed by atoms with Gasteiger partial charge in [-0.1, -0.05) is 25.4 Å². The summed E-state index contributed by atoms with van der Waals surface area (Å²) in [5.41, 5.74) is 2.17. The number of aromatic carboxylic acids is 1. The summed E-state index contributed by atoms with van der Waals surface area (Å²) in [4.78, 5) is 10.9. The third-order valence-corrected chi connectivity index (χ3v) is 3.31. The van der Waals surface area contributed by atoms with E-state index in [0.29, 0.717) is 22.0 Å². The van der Waals surface area contributed by atoms with Gasteiger partial charge >= 0.3 is 5.97 Å². The Hall–Kier alpha value is -2.01. The van der Waals surface area contributed by atoms with E-state index in [0.717, 1.165) is 5.56 Å². The third-order valence-electron chi connectivity index (χ3n) is 2.99. The molecule has 0 aliphatic carbocycles. The first-order valence-electron chi connectivity index (χ1n) is 6.10. The lowest BCUT2D eigenvalue weighted by atomic mass is 9.99. The molecule has 0 radical (unpaired) electrons. The summed E-state index contributed by atoms with van der Waals surface area (Å²) >= 11 is 6.29. The Kier molecular flexibility index (Phi) is 3.99. The highest BCUT2D eigenvalue weighted by Gasteiger charge is 2.16. The topological polar surface area (TPSA) is 75.2 Å². The van der Waals surface area contributed by atoms with Crippen molar-refractivity contribution in [1.29, 1.82) is 0 Å². The standard InChI is InChI=1S/C14H15ClN2O3/c1-7(2)13-9(15)4-8(5-12(13)20-3)10-6-11(14(18)19)17-16-10/h4-7H,1-3H3,(H,16,17)(H,18,19). The van der Waals surface area contributed by atoms with Crippen molar-refractivity contribution in [2.24, 2.45) is 0 Å². The second-order valence-corrected chi connectivity index (χ2v) is 5.11. The lowest BCUT2D eigenvalue weighted by Gasteiger charge is -2.15. The van der Waals surface area contributed by atoms with Gasteiger partial charge in [-0.2, -0.15) is 5.10 Å². The molecule has 1 aromatic heterocycles. The Bertz CT molecular complexity index is 650. The second kappa shape index (κ2) is 5.54. The molecular formula is C14H15ClN2O3. The predicted octanol–water partition coefficient (Wildman–Crippen LogP) is 3.56. The second-order valence-electron chi connectivity index (χ2n) is 4.70. The average Bonchev–Trinajstić information content (AvgIpc) is 2.86. The van der Waals surface area contributed by atoms with Crippen LogP contribution in [0.25, 0.3) is 11.3 Å². The van der Waals surface area contributed by atoms with Crippen molar-refractivity contribution in [1.82, 2.24) is 10.2 Å². The number of carboxylic acids is 1. The van der Waals surface area contributed by atoms with Crippen molar-refractivity contribution in [3.63, 3.8) is 0 Å². The summed E-state index contributed by atoms with van der Waals surface area (Å²) in [6.45, 7) is 4.06. The predicted molar refractivity (Wildman–Crippen MR) is 76.6 cm³/mol. The minimum atomic E-state index is -1.05. The first-order valence-corrected chi connectivity index (χ1v) is 6.48. The number of benzene rings is 1. The van der Waals surface area contributed by atoms with Crippen molar-refractivity contribution in [2.75, 3.05) is 7.11 Å². The zero-order valence-electron chi connectivity index (χ0n) is 11.4. The van der Waals surface area contributed by atoms with Gasteiger partial charge in [-0.3, -0.25) is 5.10 Å². The first kappa shape index (κ1) is 14.4. The van der Waals surface area contributed by atoms with Crippen LogP contribution in [-0.4, -0.2) is 28.4 Å². The van der Waals surface area contributed by atoms with Crippen LogP contribution < -0.4 is 4.74 Å². The molecule has 0 spiro atoms. The molecule has 0 aliphatic heterocycles. The fraction of sp³-hybridized carbons (Fsp3) is 0.286. The molecule has 1 heterocycles. The molecule has 6 heteroatoms. The minimum Gasteiger partial charge on any atom is -0.496 e. The SMILES string of the molecule is COc1cc(-c2cc(C(=O)O)[nH]n2)cc(Cl)c1C(C)C. The van der Waals surface area contributed by atoms with E-state index in [1.165, 1.54) is 6.07 Å². The average molecular weight is 295 g/mol. The van der Waals surface area contributed by atoms with Gasteiger partial charge < -0.3 is 9.84 Å². The highest BCUT2D eigenvalue weighted by molar-refractivity contribution is 6.32. The smallest absolute Gasteiger partial charge is 0.353 e. The van der Waals surface area contributed by atoms with Gasteiger partial charge in [-0.15, -0.1) is 0 Å². The molecule has 0 aliphatic rings. The van der Waals surface area contributed by atoms with E-state index < -0.39 is 5.97 Å². The number of hydrogen-bond acceptors (Lipinski definition) is 3. The van der Waals surface area contributed by atoms with E-state index in [1.54, 1.807) is 13.2 Å². The maximum Gasteiger partial charge on any atom is 0.353 e. The number of ether oxygens (including phenoxy) is 1. The van der Waals surface area contributed by atoms with E-state index >= 15 is 0 Å². The molecular weight excluding hydrogens is 280 g/mol. The minimum absolute atomic E-state index is 0.0306. The van der Waals surface area contributed by atoms with E-state index in [1.807, 2.05) is 19.9 Å². The molecule has 5 nitrogen and oxygen atoms in total. The molecule has 0 fully saturated rings. The quantitative estimate of drug-likeness (QED) is 0.904. The van der Waals surface area contributed by atoms with Gasteiger partial charge in [0.05, 0.1) is 12.8 Å². The number of aromatic nitrogens is 2. The van der Waals surface area contributed by atoms with Crippen LogP contribution in [0, 0.1) is 0 Å². The van der Waals surface area contributed by atoms with Crippen LogP contribution in [0.2, 0.25) is 5.02 Å². The lowest BCUT2D eigenvalue weighted by molar-refractivity contribution is 0.0690. The highest BCUT2D eigenvalue weighted by atomic mass is 35.5. The Morgan fingerprint density at radius 1 is 1.40 bits per heavy atom. The Balaban J connectivity index is 2.52. The summed E-state index contributed by atoms with van der Waals surface area (Å²) in [5, 5.41) is 15.9. The maximum absolute atomic E-state index is 10.9. The summed E-state index contributed by atoms with van der Waals surface area (Å²) < 4.78 is 5.37. The molecule has 2 N–H and O–H groups in total. The molecule has 0 unspecified atom stereocenters. The first-order chi connectivity index (χ1) is 9.43. The van der Waals surface area contributed by atoms with Crippen LogP contribution >= 0.6 is 11.6 Å². The lowest BCUT2D eigenvalue weighted by Crippen LogP contribution is -1.96. The summed E-state index contributed by atoms with van der Waals surface area (Å²) in [6.07, 6.45) is 0. The van der Waals surface area contributed by atoms with Crippen molar-refractivity contribution >= 4 is 17.6 Å². The number of carbonyl (C=O) groups is 1. The summed E-state index contributed by atoms with van der Waals surface area (Å²) in [7, 11) is 1.58. The van der Waals surface area contributed by atoms with Crippen molar-refractivity contribution in [2.45, 2.75) is 19.8 Å². The number of hydrogen-bond donors (Lipinski definition) is 2. The van der Waals surface area contributed by atoms with Crippen LogP contribution in [0.3, 0.4) is 0 Å². The molecule has 2 aromatic rings. The zero-order valence-corrected chi connectivity index (χ0v) is 12.2. The number of aromatic amines is 1. The van der Waals surface area contributed by atoms with E-state index in [-0.39, 0.29) is 11.6 Å². The van der Waals surface area contributed by atoms with Crippen LogP contribution in [-0.2, 0) is 0 Å². The maximum atomic E-state index is 10.9. The van der Waals surface area contributed by atoms with Gasteiger partial charge in [0.25, 0.3) is 0 Å². The molecule has 0 saturated carbocycles. The molecule has 0 saturated heterocycles. The number of rotatable bonds is 4. The zero-order chi connectivity index (χ0) is 14.9. The number of nitrogens with zero attached hydrogens (tertiary/aromatic N) is 1. The number of halogens is 1. The fourth-order valence-electron chi connectivity index (χ4n) is 2.05. The number of nitrogens with one attached hydrogen (secondary N) is 1. The summed E-state index contributed by atoms with van der Waals surface area (Å²) in [6, 6.07) is 5.03. The van der Waals surface area contributed by atoms with Crippen LogP contribution in [0.15, 0.2) is 18.2 Å². The molecule has 0 atom stereocenters. The largest absolute Gasteiger partial charge is 0.496 e. The molecule has 0 bridgehead atoms. The third kappa shape index (κ3) is 2.63. The molecule has 106 valence electrons. The monoisotopic (exact) mass is 294 g/mol. The Labute approximate surface area is 121 Å². The van der Waals surface area contributed by atoms with Crippen molar-refractivity contribution in [3.8, 4) is 17.0 Å². The Morgan fingerprint density at radius 2 is 2.10 bits per heavy atom. The van der Waals surface area contributed by atoms with Crippen molar-refractivity contribution < 1.29 is 14.6 Å². The van der Waals surface area contributed by atoms with Gasteiger partial charge in [-0.25, -0.2) is 4.79 Å². The van der Waals surface area contributed by atoms with Crippen LogP contribution in [0.4, 0.5) is 0 Å². The highest BCUT2D eigenvalue weighted by Crippen LogP contribution is 2.37. The van der Waals surface area contributed by atoms with Gasteiger partial charge in [0.1, 0.15) is 11.4 Å². The Morgan fingerprint density at radius 3 is 2.60 bits per heavy atom. The number of methoxy groups -OCH3 is 1. The summed E-state index contributed by atoms with van der Waals surface area (Å²) in [5.74, 6) is -0.164. The van der Waals surface area contributed by atoms with E-state index in [4.69, 9.17) is 21.4 Å². The fourth-order valence-corrected chi connectivity index (χ4v) is 2.48. The van der Waals surface area contributed by atoms with Crippen LogP contribution in [0.1, 0.15) is 35.8 Å². The van der Waals surface area contributed by atoms with Crippen LogP contribution in [0.5, 0.6) is 5.75 Å². The van der Waals surface area contributed by atoms with Gasteiger partial charge in [0.2, 0.25) is 0 Å². The van der Waals surface area contributed by atoms with Crippen molar-refractivity contribution in [3.05, 3.63) is 34.5 Å². The molecule has 20 heavy (non-hydrogen) atoms. The van der Waals surface area contributed by atoms with E-state index in [9.17, 15) is 4.79 Å². The molecule has 2 rings (SSSR count). The van der Waals surface area contributed by atoms with Gasteiger partial charge in [0.15, 0.2) is 0 Å². The normalized spacial score (nSPS) is 10.8. The van der Waals surface area contributed by atoms with Gasteiger partial charge in [0, 0.05) is 16.1 Å². The molecule has 1 aromatic carbocycles. The van der Waals surface area contributed by atoms with E-state index in [2.05, 4.69) is 10.2 Å². The number of H-pyrrole nitrogens is 1. The number of carboxylic acid groups (broad SMARTS) is 1.